The number of nitrogen functional groups attached to an aromatic ring is 1. The second kappa shape index (κ2) is 4.66. The standard InChI is InChI=1S/C13H14N2O/c1-16-13-4-2-3-10(8-13)7-12-9-11(14)5-6-15-12/h2-6,8-9H,7H2,1H3,(H2,14,15). The van der Waals surface area contributed by atoms with Gasteiger partial charge in [0.1, 0.15) is 5.75 Å². The van der Waals surface area contributed by atoms with Gasteiger partial charge in [0, 0.05) is 24.0 Å². The minimum absolute atomic E-state index is 0.743. The number of hydrogen-bond donors (Lipinski definition) is 1. The molecule has 0 unspecified atom stereocenters. The van der Waals surface area contributed by atoms with Crippen molar-refractivity contribution in [1.82, 2.24) is 4.98 Å². The van der Waals surface area contributed by atoms with Gasteiger partial charge in [0.05, 0.1) is 7.11 Å². The Morgan fingerprint density at radius 1 is 1.25 bits per heavy atom. The van der Waals surface area contributed by atoms with Gasteiger partial charge in [-0.15, -0.1) is 0 Å². The van der Waals surface area contributed by atoms with Crippen LogP contribution in [-0.2, 0) is 6.42 Å². The van der Waals surface area contributed by atoms with E-state index in [1.54, 1.807) is 19.4 Å². The molecule has 0 fully saturated rings. The molecule has 0 aliphatic rings. The van der Waals surface area contributed by atoms with Crippen molar-refractivity contribution in [2.75, 3.05) is 12.8 Å². The summed E-state index contributed by atoms with van der Waals surface area (Å²) >= 11 is 0. The predicted octanol–water partition coefficient (Wildman–Crippen LogP) is 2.26. The molecular weight excluding hydrogens is 200 g/mol. The van der Waals surface area contributed by atoms with Gasteiger partial charge >= 0.3 is 0 Å². The molecule has 1 aromatic carbocycles. The molecule has 1 heterocycles. The summed E-state index contributed by atoms with van der Waals surface area (Å²) in [4.78, 5) is 4.27. The van der Waals surface area contributed by atoms with Crippen LogP contribution in [0.5, 0.6) is 5.75 Å². The first-order valence-electron chi connectivity index (χ1n) is 5.11. The highest BCUT2D eigenvalue weighted by molar-refractivity contribution is 5.39. The van der Waals surface area contributed by atoms with Gasteiger partial charge in [-0.05, 0) is 29.8 Å². The van der Waals surface area contributed by atoms with Crippen molar-refractivity contribution in [3.63, 3.8) is 0 Å². The lowest BCUT2D eigenvalue weighted by Crippen LogP contribution is -1.94. The first kappa shape index (κ1) is 10.5. The number of ether oxygens (including phenoxy) is 1. The van der Waals surface area contributed by atoms with E-state index < -0.39 is 0 Å². The molecule has 0 spiro atoms. The summed E-state index contributed by atoms with van der Waals surface area (Å²) in [5.74, 6) is 0.862. The van der Waals surface area contributed by atoms with Crippen molar-refractivity contribution in [1.29, 1.82) is 0 Å². The molecule has 0 saturated heterocycles. The summed E-state index contributed by atoms with van der Waals surface area (Å²) in [5.41, 5.74) is 8.58. The fourth-order valence-electron chi connectivity index (χ4n) is 1.59. The molecule has 0 radical (unpaired) electrons. The van der Waals surface area contributed by atoms with E-state index in [4.69, 9.17) is 10.5 Å². The summed E-state index contributed by atoms with van der Waals surface area (Å²) in [7, 11) is 1.66. The van der Waals surface area contributed by atoms with E-state index in [1.807, 2.05) is 30.3 Å². The second-order valence-corrected chi connectivity index (χ2v) is 3.61. The van der Waals surface area contributed by atoms with E-state index in [0.29, 0.717) is 0 Å². The van der Waals surface area contributed by atoms with Crippen LogP contribution in [-0.4, -0.2) is 12.1 Å². The van der Waals surface area contributed by atoms with Gasteiger partial charge in [-0.3, -0.25) is 4.98 Å². The van der Waals surface area contributed by atoms with E-state index in [-0.39, 0.29) is 0 Å². The zero-order valence-corrected chi connectivity index (χ0v) is 9.18. The maximum Gasteiger partial charge on any atom is 0.119 e. The minimum atomic E-state index is 0.743. The van der Waals surface area contributed by atoms with Crippen LogP contribution in [0.4, 0.5) is 5.69 Å². The quantitative estimate of drug-likeness (QED) is 0.852. The van der Waals surface area contributed by atoms with Crippen LogP contribution in [0, 0.1) is 0 Å². The van der Waals surface area contributed by atoms with Gasteiger partial charge in [-0.25, -0.2) is 0 Å². The van der Waals surface area contributed by atoms with Crippen molar-refractivity contribution in [3.05, 3.63) is 53.9 Å². The molecule has 0 atom stereocenters. The van der Waals surface area contributed by atoms with Crippen LogP contribution in [0.15, 0.2) is 42.6 Å². The van der Waals surface area contributed by atoms with Crippen molar-refractivity contribution >= 4 is 5.69 Å². The largest absolute Gasteiger partial charge is 0.497 e. The number of hydrogen-bond acceptors (Lipinski definition) is 3. The number of nitrogens with two attached hydrogens (primary N) is 1. The van der Waals surface area contributed by atoms with E-state index in [0.717, 1.165) is 29.1 Å². The molecule has 2 N–H and O–H groups in total. The molecule has 0 amide bonds. The highest BCUT2D eigenvalue weighted by Crippen LogP contribution is 2.15. The second-order valence-electron chi connectivity index (χ2n) is 3.61. The van der Waals surface area contributed by atoms with E-state index in [1.165, 1.54) is 0 Å². The fraction of sp³-hybridized carbons (Fsp3) is 0.154. The highest BCUT2D eigenvalue weighted by atomic mass is 16.5. The lowest BCUT2D eigenvalue weighted by atomic mass is 10.1. The third kappa shape index (κ3) is 2.51. The Balaban J connectivity index is 2.20. The summed E-state index contributed by atoms with van der Waals surface area (Å²) in [6, 6.07) is 11.6. The predicted molar refractivity (Wildman–Crippen MR) is 64.4 cm³/mol. The van der Waals surface area contributed by atoms with Gasteiger partial charge in [0.2, 0.25) is 0 Å². The molecule has 3 heteroatoms. The molecule has 2 aromatic rings. The molecule has 0 aliphatic carbocycles. The highest BCUT2D eigenvalue weighted by Gasteiger charge is 1.99. The Morgan fingerprint density at radius 3 is 2.88 bits per heavy atom. The number of aromatic nitrogens is 1. The van der Waals surface area contributed by atoms with Crippen LogP contribution in [0.3, 0.4) is 0 Å². The average molecular weight is 214 g/mol. The van der Waals surface area contributed by atoms with Crippen molar-refractivity contribution in [2.24, 2.45) is 0 Å². The summed E-state index contributed by atoms with van der Waals surface area (Å²) in [6.45, 7) is 0. The SMILES string of the molecule is COc1cccc(Cc2cc(N)ccn2)c1. The number of methoxy groups -OCH3 is 1. The molecule has 82 valence electrons. The smallest absolute Gasteiger partial charge is 0.119 e. The number of pyridine rings is 1. The van der Waals surface area contributed by atoms with Crippen LogP contribution in [0.1, 0.15) is 11.3 Å². The molecule has 16 heavy (non-hydrogen) atoms. The molecule has 0 aliphatic heterocycles. The first-order valence-corrected chi connectivity index (χ1v) is 5.11. The van der Waals surface area contributed by atoms with E-state index >= 15 is 0 Å². The zero-order chi connectivity index (χ0) is 11.4. The summed E-state index contributed by atoms with van der Waals surface area (Å²) in [5, 5.41) is 0. The van der Waals surface area contributed by atoms with Crippen molar-refractivity contribution in [2.45, 2.75) is 6.42 Å². The van der Waals surface area contributed by atoms with Crippen LogP contribution in [0.25, 0.3) is 0 Å². The lowest BCUT2D eigenvalue weighted by Gasteiger charge is -2.04. The Labute approximate surface area is 94.9 Å². The van der Waals surface area contributed by atoms with Crippen LogP contribution >= 0.6 is 0 Å². The molecule has 0 bridgehead atoms. The molecule has 1 aromatic heterocycles. The lowest BCUT2D eigenvalue weighted by molar-refractivity contribution is 0.414. The van der Waals surface area contributed by atoms with Gasteiger partial charge in [-0.1, -0.05) is 12.1 Å². The maximum absolute atomic E-state index is 5.70. The monoisotopic (exact) mass is 214 g/mol. The number of rotatable bonds is 3. The summed E-state index contributed by atoms with van der Waals surface area (Å²) < 4.78 is 5.17. The maximum atomic E-state index is 5.70. The van der Waals surface area contributed by atoms with Gasteiger partial charge in [0.15, 0.2) is 0 Å². The van der Waals surface area contributed by atoms with Crippen LogP contribution in [0.2, 0.25) is 0 Å². The molecule has 3 nitrogen and oxygen atoms in total. The topological polar surface area (TPSA) is 48.1 Å². The Morgan fingerprint density at radius 2 is 2.12 bits per heavy atom. The third-order valence-corrected chi connectivity index (χ3v) is 2.36. The molecule has 2 rings (SSSR count). The summed E-state index contributed by atoms with van der Waals surface area (Å²) in [6.07, 6.45) is 2.49. The Kier molecular flexibility index (Phi) is 3.05. The number of anilines is 1. The Hall–Kier alpha value is -2.03. The van der Waals surface area contributed by atoms with Crippen molar-refractivity contribution in [3.8, 4) is 5.75 Å². The first-order chi connectivity index (χ1) is 7.78. The molecule has 0 saturated carbocycles. The third-order valence-electron chi connectivity index (χ3n) is 2.36. The fourth-order valence-corrected chi connectivity index (χ4v) is 1.59. The van der Waals surface area contributed by atoms with E-state index in [2.05, 4.69) is 4.98 Å². The Bertz CT molecular complexity index is 483. The number of benzene rings is 1. The van der Waals surface area contributed by atoms with Crippen LogP contribution < -0.4 is 10.5 Å². The minimum Gasteiger partial charge on any atom is -0.497 e. The van der Waals surface area contributed by atoms with Gasteiger partial charge < -0.3 is 10.5 Å². The van der Waals surface area contributed by atoms with Gasteiger partial charge in [-0.2, -0.15) is 0 Å². The normalized spacial score (nSPS) is 10.1. The van der Waals surface area contributed by atoms with Crippen molar-refractivity contribution < 1.29 is 4.74 Å². The zero-order valence-electron chi connectivity index (χ0n) is 9.18. The molecular formula is C13H14N2O. The number of nitrogens with zero attached hydrogens (tertiary/aromatic N) is 1. The van der Waals surface area contributed by atoms with E-state index in [9.17, 15) is 0 Å². The average Bonchev–Trinajstić information content (AvgIpc) is 2.29. The van der Waals surface area contributed by atoms with Gasteiger partial charge in [0.25, 0.3) is 0 Å².